The number of carbonyl (C=O) groups is 1. The fraction of sp³-hybridized carbons (Fsp3) is 0.167. The molecule has 0 unspecified atom stereocenters. The highest BCUT2D eigenvalue weighted by molar-refractivity contribution is 7.99. The summed E-state index contributed by atoms with van der Waals surface area (Å²) in [4.78, 5) is 12.3. The van der Waals surface area contributed by atoms with Gasteiger partial charge in [0.1, 0.15) is 5.75 Å². The second-order valence-corrected chi connectivity index (χ2v) is 7.05. The van der Waals surface area contributed by atoms with Crippen LogP contribution >= 0.6 is 23.4 Å². The lowest BCUT2D eigenvalue weighted by Crippen LogP contribution is -2.17. The number of amides is 1. The van der Waals surface area contributed by atoms with Crippen LogP contribution < -0.4 is 15.9 Å². The van der Waals surface area contributed by atoms with Gasteiger partial charge in [-0.2, -0.15) is 0 Å². The number of methoxy groups -OCH3 is 1. The minimum atomic E-state index is -0.235. The number of rotatable bonds is 6. The fourth-order valence-corrected chi connectivity index (χ4v) is 3.31. The SMILES string of the molecule is COc1ccc(Cl)cc1NC(=O)CSc1nnc(-c2ccccc2C)n1N. The Labute approximate surface area is 165 Å². The number of thioether (sulfide) groups is 1. The second kappa shape index (κ2) is 8.32. The van der Waals surface area contributed by atoms with Crippen molar-refractivity contribution in [2.45, 2.75) is 12.1 Å². The van der Waals surface area contributed by atoms with E-state index >= 15 is 0 Å². The van der Waals surface area contributed by atoms with Gasteiger partial charge in [-0.15, -0.1) is 10.2 Å². The summed E-state index contributed by atoms with van der Waals surface area (Å²) in [5.41, 5.74) is 2.44. The Morgan fingerprint density at radius 1 is 1.30 bits per heavy atom. The van der Waals surface area contributed by atoms with Crippen LogP contribution in [-0.2, 0) is 4.79 Å². The van der Waals surface area contributed by atoms with Gasteiger partial charge in [0.2, 0.25) is 11.1 Å². The number of benzene rings is 2. The van der Waals surface area contributed by atoms with Crippen LogP contribution in [0, 0.1) is 6.92 Å². The van der Waals surface area contributed by atoms with Gasteiger partial charge in [-0.05, 0) is 30.7 Å². The molecule has 0 aliphatic heterocycles. The molecule has 9 heteroatoms. The molecule has 0 aliphatic carbocycles. The lowest BCUT2D eigenvalue weighted by molar-refractivity contribution is -0.113. The first-order valence-electron chi connectivity index (χ1n) is 8.02. The zero-order chi connectivity index (χ0) is 19.4. The highest BCUT2D eigenvalue weighted by atomic mass is 35.5. The van der Waals surface area contributed by atoms with E-state index in [1.165, 1.54) is 23.5 Å². The minimum absolute atomic E-state index is 0.110. The van der Waals surface area contributed by atoms with Crippen LogP contribution in [0.4, 0.5) is 5.69 Å². The number of halogens is 1. The largest absolute Gasteiger partial charge is 0.495 e. The normalized spacial score (nSPS) is 10.6. The van der Waals surface area contributed by atoms with Crippen LogP contribution in [0.3, 0.4) is 0 Å². The molecule has 1 aromatic heterocycles. The molecule has 3 aromatic rings. The number of hydrogen-bond donors (Lipinski definition) is 2. The Kier molecular flexibility index (Phi) is 5.88. The van der Waals surface area contributed by atoms with Crippen LogP contribution in [0.1, 0.15) is 5.56 Å². The van der Waals surface area contributed by atoms with Crippen molar-refractivity contribution in [3.8, 4) is 17.1 Å². The number of nitrogens with one attached hydrogen (secondary N) is 1. The average Bonchev–Trinajstić information content (AvgIpc) is 3.01. The molecule has 0 saturated carbocycles. The summed E-state index contributed by atoms with van der Waals surface area (Å²) in [5, 5.41) is 12.0. The number of nitrogens with two attached hydrogens (primary N) is 1. The van der Waals surface area contributed by atoms with Gasteiger partial charge < -0.3 is 15.9 Å². The number of nitrogen functional groups attached to an aromatic ring is 1. The van der Waals surface area contributed by atoms with E-state index in [1.807, 2.05) is 31.2 Å². The zero-order valence-corrected chi connectivity index (χ0v) is 16.3. The van der Waals surface area contributed by atoms with E-state index in [0.717, 1.165) is 11.1 Å². The molecular weight excluding hydrogens is 386 g/mol. The molecule has 0 saturated heterocycles. The quantitative estimate of drug-likeness (QED) is 0.484. The van der Waals surface area contributed by atoms with Crippen molar-refractivity contribution in [3.05, 3.63) is 53.1 Å². The maximum Gasteiger partial charge on any atom is 0.234 e. The predicted molar refractivity (Wildman–Crippen MR) is 108 cm³/mol. The highest BCUT2D eigenvalue weighted by Gasteiger charge is 2.15. The number of nitrogens with zero attached hydrogens (tertiary/aromatic N) is 3. The number of ether oxygens (including phenoxy) is 1. The van der Waals surface area contributed by atoms with E-state index < -0.39 is 0 Å². The summed E-state index contributed by atoms with van der Waals surface area (Å²) in [7, 11) is 1.53. The molecule has 0 bridgehead atoms. The molecule has 3 rings (SSSR count). The molecule has 0 fully saturated rings. The summed E-state index contributed by atoms with van der Waals surface area (Å²) in [6.07, 6.45) is 0. The minimum Gasteiger partial charge on any atom is -0.495 e. The van der Waals surface area contributed by atoms with Crippen LogP contribution in [0.5, 0.6) is 5.75 Å². The van der Waals surface area contributed by atoms with Gasteiger partial charge in [0.25, 0.3) is 0 Å². The van der Waals surface area contributed by atoms with E-state index in [2.05, 4.69) is 15.5 Å². The summed E-state index contributed by atoms with van der Waals surface area (Å²) in [5.74, 6) is 7.06. The van der Waals surface area contributed by atoms with Crippen molar-refractivity contribution in [2.75, 3.05) is 24.0 Å². The molecule has 0 aliphatic rings. The summed E-state index contributed by atoms with van der Waals surface area (Å²) < 4.78 is 6.61. The number of aromatic nitrogens is 3. The fourth-order valence-electron chi connectivity index (χ4n) is 2.48. The highest BCUT2D eigenvalue weighted by Crippen LogP contribution is 2.28. The molecule has 7 nitrogen and oxygen atoms in total. The number of carbonyl (C=O) groups excluding carboxylic acids is 1. The first-order chi connectivity index (χ1) is 13.0. The van der Waals surface area contributed by atoms with Gasteiger partial charge in [-0.3, -0.25) is 4.79 Å². The standard InChI is InChI=1S/C18H18ClN5O2S/c1-11-5-3-4-6-13(11)17-22-23-18(24(17)20)27-10-16(25)21-14-9-12(19)7-8-15(14)26-2/h3-9H,10,20H2,1-2H3,(H,21,25). The molecule has 1 amide bonds. The Balaban J connectivity index is 1.68. The topological polar surface area (TPSA) is 95.1 Å². The maximum absolute atomic E-state index is 12.3. The third-order valence-electron chi connectivity index (χ3n) is 3.82. The van der Waals surface area contributed by atoms with E-state index in [0.29, 0.717) is 27.4 Å². The van der Waals surface area contributed by atoms with Crippen LogP contribution in [0.2, 0.25) is 5.02 Å². The second-order valence-electron chi connectivity index (χ2n) is 5.67. The summed E-state index contributed by atoms with van der Waals surface area (Å²) in [6, 6.07) is 12.8. The molecule has 140 valence electrons. The first-order valence-corrected chi connectivity index (χ1v) is 9.38. The van der Waals surface area contributed by atoms with Gasteiger partial charge in [-0.25, -0.2) is 4.68 Å². The van der Waals surface area contributed by atoms with E-state index in [-0.39, 0.29) is 11.7 Å². The van der Waals surface area contributed by atoms with Crippen molar-refractivity contribution < 1.29 is 9.53 Å². The Bertz CT molecular complexity index is 976. The van der Waals surface area contributed by atoms with Crippen molar-refractivity contribution in [1.82, 2.24) is 14.9 Å². The lowest BCUT2D eigenvalue weighted by Gasteiger charge is -2.10. The molecule has 0 spiro atoms. The number of aryl methyl sites for hydroxylation is 1. The predicted octanol–water partition coefficient (Wildman–Crippen LogP) is 3.36. The van der Waals surface area contributed by atoms with Crippen LogP contribution in [0.25, 0.3) is 11.4 Å². The van der Waals surface area contributed by atoms with Crippen LogP contribution in [-0.4, -0.2) is 33.6 Å². The maximum atomic E-state index is 12.3. The van der Waals surface area contributed by atoms with E-state index in [9.17, 15) is 4.79 Å². The molecule has 0 atom stereocenters. The van der Waals surface area contributed by atoms with Crippen molar-refractivity contribution in [3.63, 3.8) is 0 Å². The zero-order valence-electron chi connectivity index (χ0n) is 14.8. The Morgan fingerprint density at radius 2 is 2.07 bits per heavy atom. The van der Waals surface area contributed by atoms with Gasteiger partial charge in [-0.1, -0.05) is 47.6 Å². The first kappa shape index (κ1) is 19.1. The van der Waals surface area contributed by atoms with Crippen molar-refractivity contribution in [1.29, 1.82) is 0 Å². The third-order valence-corrected chi connectivity index (χ3v) is 5.00. The summed E-state index contributed by atoms with van der Waals surface area (Å²) in [6.45, 7) is 1.97. The molecule has 3 N–H and O–H groups in total. The lowest BCUT2D eigenvalue weighted by atomic mass is 10.1. The number of hydrogen-bond acceptors (Lipinski definition) is 6. The van der Waals surface area contributed by atoms with Crippen molar-refractivity contribution in [2.24, 2.45) is 0 Å². The van der Waals surface area contributed by atoms with Gasteiger partial charge >= 0.3 is 0 Å². The molecule has 2 aromatic carbocycles. The summed E-state index contributed by atoms with van der Waals surface area (Å²) >= 11 is 7.17. The molecule has 27 heavy (non-hydrogen) atoms. The van der Waals surface area contributed by atoms with Crippen LogP contribution in [0.15, 0.2) is 47.6 Å². The van der Waals surface area contributed by atoms with E-state index in [4.69, 9.17) is 22.2 Å². The Morgan fingerprint density at radius 3 is 2.81 bits per heavy atom. The smallest absolute Gasteiger partial charge is 0.234 e. The third kappa shape index (κ3) is 4.35. The average molecular weight is 404 g/mol. The Hall–Kier alpha value is -2.71. The molecular formula is C18H18ClN5O2S. The van der Waals surface area contributed by atoms with Crippen molar-refractivity contribution >= 4 is 35.0 Å². The molecule has 0 radical (unpaired) electrons. The van der Waals surface area contributed by atoms with Gasteiger partial charge in [0, 0.05) is 10.6 Å². The monoisotopic (exact) mass is 403 g/mol. The van der Waals surface area contributed by atoms with E-state index in [1.54, 1.807) is 18.2 Å². The molecule has 1 heterocycles. The van der Waals surface area contributed by atoms with Gasteiger partial charge in [0.15, 0.2) is 5.82 Å². The van der Waals surface area contributed by atoms with Gasteiger partial charge in [0.05, 0.1) is 18.6 Å². The number of anilines is 1.